The molecule has 0 radical (unpaired) electrons. The lowest BCUT2D eigenvalue weighted by Gasteiger charge is -2.24. The third kappa shape index (κ3) is 4.57. The van der Waals surface area contributed by atoms with Gasteiger partial charge in [-0.25, -0.2) is 0 Å². The zero-order chi connectivity index (χ0) is 14.3. The van der Waals surface area contributed by atoms with E-state index >= 15 is 0 Å². The Kier molecular flexibility index (Phi) is 7.00. The van der Waals surface area contributed by atoms with Gasteiger partial charge in [0.05, 0.1) is 11.4 Å². The first-order chi connectivity index (χ1) is 9.15. The molecule has 1 N–H and O–H groups in total. The molecule has 0 aliphatic rings. The van der Waals surface area contributed by atoms with Gasteiger partial charge < -0.3 is 5.32 Å². The van der Waals surface area contributed by atoms with Crippen LogP contribution in [0.2, 0.25) is 0 Å². The molecule has 1 aromatic rings. The standard InChI is InChI=1S/C16H29N3/c1-6-13(7-2)11-16(17-9-4)14-10-12(5)18-19-15(14)8-3/h10,13,16-17H,6-9,11H2,1-5H3. The lowest BCUT2D eigenvalue weighted by molar-refractivity contribution is 0.373. The largest absolute Gasteiger partial charge is 0.310 e. The van der Waals surface area contributed by atoms with Crippen LogP contribution in [0, 0.1) is 12.8 Å². The summed E-state index contributed by atoms with van der Waals surface area (Å²) in [5, 5.41) is 12.2. The Balaban J connectivity index is 3.00. The monoisotopic (exact) mass is 263 g/mol. The quantitative estimate of drug-likeness (QED) is 0.774. The molecule has 0 aromatic carbocycles. The van der Waals surface area contributed by atoms with Gasteiger partial charge in [0.1, 0.15) is 0 Å². The fourth-order valence-corrected chi connectivity index (χ4v) is 2.63. The van der Waals surface area contributed by atoms with Crippen molar-refractivity contribution < 1.29 is 0 Å². The smallest absolute Gasteiger partial charge is 0.0676 e. The van der Waals surface area contributed by atoms with Gasteiger partial charge in [-0.2, -0.15) is 10.2 Å². The summed E-state index contributed by atoms with van der Waals surface area (Å²) in [6.07, 6.45) is 4.64. The maximum atomic E-state index is 4.37. The average Bonchev–Trinajstić information content (AvgIpc) is 2.43. The van der Waals surface area contributed by atoms with Gasteiger partial charge in [-0.05, 0) is 43.9 Å². The first-order valence-corrected chi connectivity index (χ1v) is 7.72. The molecule has 0 saturated carbocycles. The molecule has 1 rings (SSSR count). The van der Waals surface area contributed by atoms with Crippen LogP contribution in [0.4, 0.5) is 0 Å². The van der Waals surface area contributed by atoms with E-state index in [0.29, 0.717) is 6.04 Å². The first kappa shape index (κ1) is 16.1. The third-order valence-corrected chi connectivity index (χ3v) is 3.91. The lowest BCUT2D eigenvalue weighted by atomic mass is 9.90. The predicted octanol–water partition coefficient (Wildman–Crippen LogP) is 3.82. The molecule has 0 aliphatic heterocycles. The minimum atomic E-state index is 0.416. The van der Waals surface area contributed by atoms with Gasteiger partial charge in [0.25, 0.3) is 0 Å². The molecule has 0 saturated heterocycles. The molecule has 0 amide bonds. The van der Waals surface area contributed by atoms with Gasteiger partial charge in [-0.3, -0.25) is 0 Å². The Labute approximate surface area is 118 Å². The normalized spacial score (nSPS) is 12.9. The van der Waals surface area contributed by atoms with Crippen LogP contribution in [0.15, 0.2) is 6.07 Å². The molecule has 3 nitrogen and oxygen atoms in total. The maximum Gasteiger partial charge on any atom is 0.0676 e. The van der Waals surface area contributed by atoms with E-state index in [2.05, 4.69) is 49.3 Å². The van der Waals surface area contributed by atoms with E-state index in [-0.39, 0.29) is 0 Å². The average molecular weight is 263 g/mol. The number of rotatable bonds is 8. The highest BCUT2D eigenvalue weighted by atomic mass is 15.1. The minimum absolute atomic E-state index is 0.416. The molecular formula is C16H29N3. The highest BCUT2D eigenvalue weighted by Gasteiger charge is 2.19. The van der Waals surface area contributed by atoms with Crippen LogP contribution in [-0.4, -0.2) is 16.7 Å². The van der Waals surface area contributed by atoms with Crippen LogP contribution in [0.5, 0.6) is 0 Å². The van der Waals surface area contributed by atoms with E-state index in [0.717, 1.165) is 30.3 Å². The van der Waals surface area contributed by atoms with Crippen molar-refractivity contribution in [2.75, 3.05) is 6.54 Å². The van der Waals surface area contributed by atoms with Crippen molar-refractivity contribution in [2.24, 2.45) is 5.92 Å². The zero-order valence-corrected chi connectivity index (χ0v) is 13.2. The van der Waals surface area contributed by atoms with E-state index in [1.807, 2.05) is 6.92 Å². The first-order valence-electron chi connectivity index (χ1n) is 7.72. The Morgan fingerprint density at radius 3 is 2.32 bits per heavy atom. The van der Waals surface area contributed by atoms with Crippen LogP contribution in [0.25, 0.3) is 0 Å². The molecule has 1 aromatic heterocycles. The topological polar surface area (TPSA) is 37.8 Å². The number of hydrogen-bond acceptors (Lipinski definition) is 3. The summed E-state index contributed by atoms with van der Waals surface area (Å²) < 4.78 is 0. The number of hydrogen-bond donors (Lipinski definition) is 1. The minimum Gasteiger partial charge on any atom is -0.310 e. The second-order valence-corrected chi connectivity index (χ2v) is 5.27. The van der Waals surface area contributed by atoms with Crippen LogP contribution in [0.1, 0.15) is 70.0 Å². The Hall–Kier alpha value is -0.960. The molecule has 1 heterocycles. The summed E-state index contributed by atoms with van der Waals surface area (Å²) in [5.41, 5.74) is 3.51. The fraction of sp³-hybridized carbons (Fsp3) is 0.750. The summed E-state index contributed by atoms with van der Waals surface area (Å²) in [6.45, 7) is 11.9. The van der Waals surface area contributed by atoms with Crippen LogP contribution in [0.3, 0.4) is 0 Å². The van der Waals surface area contributed by atoms with Crippen molar-refractivity contribution in [1.29, 1.82) is 0 Å². The van der Waals surface area contributed by atoms with Gasteiger partial charge >= 0.3 is 0 Å². The molecule has 3 heteroatoms. The van der Waals surface area contributed by atoms with Gasteiger partial charge in [0, 0.05) is 6.04 Å². The SMILES string of the molecule is CCNC(CC(CC)CC)c1cc(C)nnc1CC. The van der Waals surface area contributed by atoms with E-state index in [1.165, 1.54) is 24.8 Å². The Morgan fingerprint density at radius 2 is 1.79 bits per heavy atom. The summed E-state index contributed by atoms with van der Waals surface area (Å²) in [4.78, 5) is 0. The third-order valence-electron chi connectivity index (χ3n) is 3.91. The van der Waals surface area contributed by atoms with Crippen molar-refractivity contribution in [2.45, 2.75) is 66.3 Å². The number of aromatic nitrogens is 2. The Bertz CT molecular complexity index is 372. The lowest BCUT2D eigenvalue weighted by Crippen LogP contribution is -2.25. The highest BCUT2D eigenvalue weighted by Crippen LogP contribution is 2.27. The van der Waals surface area contributed by atoms with Crippen molar-refractivity contribution in [3.63, 3.8) is 0 Å². The van der Waals surface area contributed by atoms with Crippen molar-refractivity contribution in [3.8, 4) is 0 Å². The van der Waals surface area contributed by atoms with Crippen molar-refractivity contribution >= 4 is 0 Å². The summed E-state index contributed by atoms with van der Waals surface area (Å²) in [6, 6.07) is 2.63. The Morgan fingerprint density at radius 1 is 1.11 bits per heavy atom. The van der Waals surface area contributed by atoms with Gasteiger partial charge in [-0.1, -0.05) is 40.5 Å². The van der Waals surface area contributed by atoms with Gasteiger partial charge in [0.2, 0.25) is 0 Å². The maximum absolute atomic E-state index is 4.37. The molecule has 0 spiro atoms. The van der Waals surface area contributed by atoms with Gasteiger partial charge in [-0.15, -0.1) is 0 Å². The molecule has 19 heavy (non-hydrogen) atoms. The van der Waals surface area contributed by atoms with Crippen LogP contribution < -0.4 is 5.32 Å². The summed E-state index contributed by atoms with van der Waals surface area (Å²) >= 11 is 0. The molecular weight excluding hydrogens is 234 g/mol. The van der Waals surface area contributed by atoms with E-state index in [9.17, 15) is 0 Å². The van der Waals surface area contributed by atoms with Crippen LogP contribution >= 0.6 is 0 Å². The predicted molar refractivity (Wildman–Crippen MR) is 81.3 cm³/mol. The molecule has 0 fully saturated rings. The summed E-state index contributed by atoms with van der Waals surface area (Å²) in [5.74, 6) is 0.780. The number of nitrogens with zero attached hydrogens (tertiary/aromatic N) is 2. The molecule has 0 bridgehead atoms. The van der Waals surface area contributed by atoms with E-state index < -0.39 is 0 Å². The zero-order valence-electron chi connectivity index (χ0n) is 13.2. The number of aryl methyl sites for hydroxylation is 2. The molecule has 108 valence electrons. The molecule has 1 unspecified atom stereocenters. The second kappa shape index (κ2) is 8.26. The van der Waals surface area contributed by atoms with Crippen molar-refractivity contribution in [1.82, 2.24) is 15.5 Å². The van der Waals surface area contributed by atoms with E-state index in [1.54, 1.807) is 0 Å². The molecule has 1 atom stereocenters. The van der Waals surface area contributed by atoms with E-state index in [4.69, 9.17) is 0 Å². The van der Waals surface area contributed by atoms with Crippen LogP contribution in [-0.2, 0) is 6.42 Å². The number of nitrogens with one attached hydrogen (secondary N) is 1. The second-order valence-electron chi connectivity index (χ2n) is 5.27. The summed E-state index contributed by atoms with van der Waals surface area (Å²) in [7, 11) is 0. The van der Waals surface area contributed by atoms with Crippen molar-refractivity contribution in [3.05, 3.63) is 23.0 Å². The van der Waals surface area contributed by atoms with Gasteiger partial charge in [0.15, 0.2) is 0 Å². The highest BCUT2D eigenvalue weighted by molar-refractivity contribution is 5.25. The molecule has 0 aliphatic carbocycles. The fourth-order valence-electron chi connectivity index (χ4n) is 2.63.